The van der Waals surface area contributed by atoms with Crippen LogP contribution in [0, 0.1) is 6.92 Å². The van der Waals surface area contributed by atoms with Gasteiger partial charge in [0, 0.05) is 34.1 Å². The van der Waals surface area contributed by atoms with Crippen molar-refractivity contribution in [3.63, 3.8) is 0 Å². The minimum atomic E-state index is 0.654. The summed E-state index contributed by atoms with van der Waals surface area (Å²) in [7, 11) is 0. The lowest BCUT2D eigenvalue weighted by Crippen LogP contribution is -1.98. The van der Waals surface area contributed by atoms with Gasteiger partial charge in [-0.15, -0.1) is 0 Å². The Labute approximate surface area is 99.8 Å². The van der Waals surface area contributed by atoms with E-state index in [9.17, 15) is 0 Å². The molecule has 0 saturated heterocycles. The van der Waals surface area contributed by atoms with Crippen LogP contribution in [0.3, 0.4) is 0 Å². The van der Waals surface area contributed by atoms with Crippen LogP contribution >= 0.6 is 11.6 Å². The average Bonchev–Trinajstić information content (AvgIpc) is 2.60. The molecule has 0 spiro atoms. The predicted octanol–water partition coefficient (Wildman–Crippen LogP) is 3.11. The minimum Gasteiger partial charge on any atom is -0.398 e. The molecule has 0 aliphatic heterocycles. The Kier molecular flexibility index (Phi) is 2.88. The van der Waals surface area contributed by atoms with Gasteiger partial charge in [-0.05, 0) is 26.0 Å². The summed E-state index contributed by atoms with van der Waals surface area (Å²) in [5.74, 6) is 0. The summed E-state index contributed by atoms with van der Waals surface area (Å²) in [6.45, 7) is 4.97. The van der Waals surface area contributed by atoms with Gasteiger partial charge in [0.15, 0.2) is 0 Å². The van der Waals surface area contributed by atoms with Crippen molar-refractivity contribution in [1.82, 2.24) is 9.78 Å². The molecule has 2 rings (SSSR count). The Morgan fingerprint density at radius 3 is 2.69 bits per heavy atom. The topological polar surface area (TPSA) is 43.8 Å². The van der Waals surface area contributed by atoms with E-state index in [0.717, 1.165) is 23.4 Å². The molecule has 3 nitrogen and oxygen atoms in total. The number of hydrogen-bond donors (Lipinski definition) is 1. The van der Waals surface area contributed by atoms with Crippen LogP contribution in [0.5, 0.6) is 0 Å². The summed E-state index contributed by atoms with van der Waals surface area (Å²) in [6.07, 6.45) is 1.85. The molecular formula is C12H14ClN3. The molecule has 1 aromatic heterocycles. The van der Waals surface area contributed by atoms with E-state index in [1.807, 2.05) is 29.9 Å². The van der Waals surface area contributed by atoms with Crippen molar-refractivity contribution in [2.75, 3.05) is 5.73 Å². The first-order chi connectivity index (χ1) is 7.63. The maximum absolute atomic E-state index is 5.95. The second-order valence-electron chi connectivity index (χ2n) is 3.69. The van der Waals surface area contributed by atoms with Gasteiger partial charge in [0.2, 0.25) is 0 Å². The second kappa shape index (κ2) is 4.18. The van der Waals surface area contributed by atoms with Crippen LogP contribution < -0.4 is 5.73 Å². The molecule has 0 saturated carbocycles. The summed E-state index contributed by atoms with van der Waals surface area (Å²) in [4.78, 5) is 0. The van der Waals surface area contributed by atoms with Gasteiger partial charge in [-0.25, -0.2) is 0 Å². The van der Waals surface area contributed by atoms with Gasteiger partial charge in [-0.2, -0.15) is 5.10 Å². The fourth-order valence-corrected chi connectivity index (χ4v) is 1.99. The first kappa shape index (κ1) is 11.0. The van der Waals surface area contributed by atoms with Crippen molar-refractivity contribution in [3.8, 4) is 11.1 Å². The van der Waals surface area contributed by atoms with Gasteiger partial charge in [-0.1, -0.05) is 17.7 Å². The van der Waals surface area contributed by atoms with E-state index < -0.39 is 0 Å². The van der Waals surface area contributed by atoms with Gasteiger partial charge in [0.25, 0.3) is 0 Å². The van der Waals surface area contributed by atoms with Crippen LogP contribution in [-0.4, -0.2) is 9.78 Å². The Morgan fingerprint density at radius 2 is 2.12 bits per heavy atom. The average molecular weight is 236 g/mol. The van der Waals surface area contributed by atoms with Crippen LogP contribution in [0.4, 0.5) is 5.69 Å². The molecular weight excluding hydrogens is 222 g/mol. The highest BCUT2D eigenvalue weighted by Gasteiger charge is 2.10. The maximum Gasteiger partial charge on any atom is 0.0571 e. The lowest BCUT2D eigenvalue weighted by molar-refractivity contribution is 0.640. The number of nitrogen functional groups attached to an aromatic ring is 1. The van der Waals surface area contributed by atoms with Gasteiger partial charge in [0.1, 0.15) is 0 Å². The molecule has 1 aromatic carbocycles. The van der Waals surface area contributed by atoms with Gasteiger partial charge < -0.3 is 5.73 Å². The zero-order chi connectivity index (χ0) is 11.7. The van der Waals surface area contributed by atoms with Crippen molar-refractivity contribution in [2.24, 2.45) is 0 Å². The Balaban J connectivity index is 2.54. The largest absolute Gasteiger partial charge is 0.398 e. The van der Waals surface area contributed by atoms with E-state index in [-0.39, 0.29) is 0 Å². The van der Waals surface area contributed by atoms with Crippen LogP contribution in [0.1, 0.15) is 12.6 Å². The Hall–Kier alpha value is -1.48. The number of aryl methyl sites for hydroxylation is 1. The summed E-state index contributed by atoms with van der Waals surface area (Å²) in [5.41, 5.74) is 9.81. The van der Waals surface area contributed by atoms with Crippen LogP contribution in [0.25, 0.3) is 11.1 Å². The van der Waals surface area contributed by atoms with Gasteiger partial charge >= 0.3 is 0 Å². The number of benzene rings is 1. The maximum atomic E-state index is 5.95. The highest BCUT2D eigenvalue weighted by Crippen LogP contribution is 2.30. The molecule has 0 unspecified atom stereocenters. The minimum absolute atomic E-state index is 0.654. The molecule has 84 valence electrons. The molecule has 0 aliphatic rings. The highest BCUT2D eigenvalue weighted by molar-refractivity contribution is 6.31. The first-order valence-electron chi connectivity index (χ1n) is 5.21. The third-order valence-electron chi connectivity index (χ3n) is 2.71. The van der Waals surface area contributed by atoms with Gasteiger partial charge in [0.05, 0.1) is 6.20 Å². The monoisotopic (exact) mass is 235 g/mol. The van der Waals surface area contributed by atoms with E-state index in [0.29, 0.717) is 10.7 Å². The van der Waals surface area contributed by atoms with Crippen LogP contribution in [0.15, 0.2) is 24.4 Å². The predicted molar refractivity (Wildman–Crippen MR) is 67.5 cm³/mol. The van der Waals surface area contributed by atoms with E-state index >= 15 is 0 Å². The second-order valence-corrected chi connectivity index (χ2v) is 4.13. The van der Waals surface area contributed by atoms with E-state index in [1.54, 1.807) is 6.07 Å². The quantitative estimate of drug-likeness (QED) is 0.813. The van der Waals surface area contributed by atoms with E-state index in [4.69, 9.17) is 17.3 Å². The van der Waals surface area contributed by atoms with Crippen molar-refractivity contribution >= 4 is 17.3 Å². The van der Waals surface area contributed by atoms with E-state index in [2.05, 4.69) is 12.0 Å². The lowest BCUT2D eigenvalue weighted by Gasteiger charge is -2.06. The molecule has 0 aliphatic carbocycles. The highest BCUT2D eigenvalue weighted by atomic mass is 35.5. The lowest BCUT2D eigenvalue weighted by atomic mass is 10.1. The molecule has 2 N–H and O–H groups in total. The van der Waals surface area contributed by atoms with Crippen molar-refractivity contribution < 1.29 is 0 Å². The number of rotatable bonds is 2. The van der Waals surface area contributed by atoms with Crippen molar-refractivity contribution in [2.45, 2.75) is 20.4 Å². The van der Waals surface area contributed by atoms with Crippen LogP contribution in [-0.2, 0) is 6.54 Å². The zero-order valence-corrected chi connectivity index (χ0v) is 10.1. The number of nitrogens with zero attached hydrogens (tertiary/aromatic N) is 2. The standard InChI is InChI=1S/C12H14ClN3/c1-3-16-8(2)11(7-15-16)10-5-4-9(13)6-12(10)14/h4-7H,3,14H2,1-2H3. The number of aromatic nitrogens is 2. The molecule has 0 radical (unpaired) electrons. The number of anilines is 1. The first-order valence-corrected chi connectivity index (χ1v) is 5.59. The zero-order valence-electron chi connectivity index (χ0n) is 9.37. The molecule has 0 atom stereocenters. The third kappa shape index (κ3) is 1.78. The van der Waals surface area contributed by atoms with Crippen molar-refractivity contribution in [3.05, 3.63) is 35.1 Å². The Morgan fingerprint density at radius 1 is 1.38 bits per heavy atom. The third-order valence-corrected chi connectivity index (χ3v) is 2.94. The smallest absolute Gasteiger partial charge is 0.0571 e. The summed E-state index contributed by atoms with van der Waals surface area (Å²) >= 11 is 5.88. The molecule has 4 heteroatoms. The fraction of sp³-hybridized carbons (Fsp3) is 0.250. The van der Waals surface area contributed by atoms with Gasteiger partial charge in [-0.3, -0.25) is 4.68 Å². The summed E-state index contributed by atoms with van der Waals surface area (Å²) < 4.78 is 1.95. The van der Waals surface area contributed by atoms with Crippen LogP contribution in [0.2, 0.25) is 5.02 Å². The van der Waals surface area contributed by atoms with E-state index in [1.165, 1.54) is 0 Å². The molecule has 1 heterocycles. The molecule has 16 heavy (non-hydrogen) atoms. The Bertz CT molecular complexity index is 517. The molecule has 0 amide bonds. The fourth-order valence-electron chi connectivity index (χ4n) is 1.81. The molecule has 2 aromatic rings. The number of halogens is 1. The number of hydrogen-bond acceptors (Lipinski definition) is 2. The summed E-state index contributed by atoms with van der Waals surface area (Å²) in [5, 5.41) is 4.96. The molecule has 0 fully saturated rings. The summed E-state index contributed by atoms with van der Waals surface area (Å²) in [6, 6.07) is 5.54. The normalized spacial score (nSPS) is 10.7. The molecule has 0 bridgehead atoms. The number of nitrogens with two attached hydrogens (primary N) is 1. The SMILES string of the molecule is CCn1ncc(-c2ccc(Cl)cc2N)c1C. The van der Waals surface area contributed by atoms with Crippen molar-refractivity contribution in [1.29, 1.82) is 0 Å².